The van der Waals surface area contributed by atoms with E-state index >= 15 is 0 Å². The van der Waals surface area contributed by atoms with E-state index in [2.05, 4.69) is 34.5 Å². The van der Waals surface area contributed by atoms with Crippen LogP contribution in [0, 0.1) is 6.92 Å². The first-order chi connectivity index (χ1) is 13.6. The largest absolute Gasteiger partial charge is 0.310 e. The van der Waals surface area contributed by atoms with Gasteiger partial charge in [-0.25, -0.2) is 4.98 Å². The summed E-state index contributed by atoms with van der Waals surface area (Å²) in [5, 5.41) is 8.24. The Kier molecular flexibility index (Phi) is 5.45. The number of amides is 1. The molecule has 0 bridgehead atoms. The van der Waals surface area contributed by atoms with Crippen LogP contribution < -0.4 is 5.32 Å². The average Bonchev–Trinajstić information content (AvgIpc) is 3.26. The van der Waals surface area contributed by atoms with Crippen molar-refractivity contribution in [1.29, 1.82) is 0 Å². The van der Waals surface area contributed by atoms with E-state index < -0.39 is 0 Å². The topological polar surface area (TPSA) is 59.8 Å². The minimum atomic E-state index is -0.0712. The Balaban J connectivity index is 1.52. The van der Waals surface area contributed by atoms with Crippen LogP contribution >= 0.6 is 23.1 Å². The van der Waals surface area contributed by atoms with Crippen LogP contribution in [0.1, 0.15) is 18.2 Å². The normalized spacial score (nSPS) is 11.1. The maximum atomic E-state index is 12.6. The fourth-order valence-corrected chi connectivity index (χ4v) is 4.52. The molecule has 0 unspecified atom stereocenters. The van der Waals surface area contributed by atoms with Crippen molar-refractivity contribution in [2.45, 2.75) is 25.2 Å². The highest BCUT2D eigenvalue weighted by Gasteiger charge is 2.14. The van der Waals surface area contributed by atoms with Crippen LogP contribution in [0.5, 0.6) is 0 Å². The number of carbonyl (C=O) groups excluding carboxylic acids is 1. The van der Waals surface area contributed by atoms with Crippen LogP contribution in [-0.4, -0.2) is 26.4 Å². The highest BCUT2D eigenvalue weighted by Crippen LogP contribution is 2.27. The van der Waals surface area contributed by atoms with Gasteiger partial charge in [-0.05, 0) is 42.5 Å². The molecule has 0 aliphatic heterocycles. The maximum Gasteiger partial charge on any atom is 0.229 e. The van der Waals surface area contributed by atoms with Gasteiger partial charge in [-0.3, -0.25) is 4.79 Å². The molecule has 2 heterocycles. The molecule has 1 amide bonds. The SMILES string of the molecule is CCSc1ccc(CC(=O)Nc2cc(C)nn2-c2nc3ccccc3s2)cc1. The minimum Gasteiger partial charge on any atom is -0.310 e. The average molecular weight is 409 g/mol. The van der Waals surface area contributed by atoms with Crippen molar-refractivity contribution in [3.05, 3.63) is 65.9 Å². The molecule has 0 atom stereocenters. The zero-order valence-corrected chi connectivity index (χ0v) is 17.3. The first-order valence-corrected chi connectivity index (χ1v) is 10.9. The number of rotatable bonds is 6. The second-order valence-corrected chi connectivity index (χ2v) is 8.70. The minimum absolute atomic E-state index is 0.0712. The van der Waals surface area contributed by atoms with Crippen molar-refractivity contribution in [2.75, 3.05) is 11.1 Å². The first kappa shape index (κ1) is 18.7. The monoisotopic (exact) mass is 408 g/mol. The van der Waals surface area contributed by atoms with E-state index in [4.69, 9.17) is 0 Å². The number of nitrogens with zero attached hydrogens (tertiary/aromatic N) is 3. The summed E-state index contributed by atoms with van der Waals surface area (Å²) in [5.41, 5.74) is 2.74. The predicted octanol–water partition coefficient (Wildman–Crippen LogP) is 5.08. The maximum absolute atomic E-state index is 12.6. The molecule has 0 aliphatic carbocycles. The van der Waals surface area contributed by atoms with Crippen molar-refractivity contribution in [1.82, 2.24) is 14.8 Å². The van der Waals surface area contributed by atoms with E-state index in [1.165, 1.54) is 4.90 Å². The van der Waals surface area contributed by atoms with Crippen LogP contribution in [0.25, 0.3) is 15.3 Å². The number of hydrogen-bond acceptors (Lipinski definition) is 5. The van der Waals surface area contributed by atoms with Gasteiger partial charge >= 0.3 is 0 Å². The van der Waals surface area contributed by atoms with Crippen molar-refractivity contribution >= 4 is 45.0 Å². The van der Waals surface area contributed by atoms with Gasteiger partial charge in [-0.1, -0.05) is 42.5 Å². The fraction of sp³-hybridized carbons (Fsp3) is 0.190. The number of hydrogen-bond donors (Lipinski definition) is 1. The molecule has 0 aliphatic rings. The Labute approximate surface area is 171 Å². The van der Waals surface area contributed by atoms with E-state index in [0.717, 1.165) is 32.4 Å². The molecule has 2 aromatic heterocycles. The lowest BCUT2D eigenvalue weighted by atomic mass is 10.1. The number of carbonyl (C=O) groups is 1. The second-order valence-electron chi connectivity index (χ2n) is 6.35. The van der Waals surface area contributed by atoms with E-state index in [1.807, 2.05) is 49.4 Å². The number of aromatic nitrogens is 3. The number of aryl methyl sites for hydroxylation is 1. The third-order valence-electron chi connectivity index (χ3n) is 4.16. The summed E-state index contributed by atoms with van der Waals surface area (Å²) in [5.74, 6) is 1.60. The molecule has 0 spiro atoms. The van der Waals surface area contributed by atoms with Crippen LogP contribution in [0.4, 0.5) is 5.82 Å². The Morgan fingerprint density at radius 1 is 1.18 bits per heavy atom. The number of anilines is 1. The molecule has 4 rings (SSSR count). The fourth-order valence-electron chi connectivity index (χ4n) is 2.93. The van der Waals surface area contributed by atoms with Gasteiger partial charge in [0.2, 0.25) is 11.0 Å². The van der Waals surface area contributed by atoms with Crippen molar-refractivity contribution in [3.8, 4) is 5.13 Å². The van der Waals surface area contributed by atoms with Crippen LogP contribution in [0.2, 0.25) is 0 Å². The van der Waals surface area contributed by atoms with Gasteiger partial charge in [-0.2, -0.15) is 9.78 Å². The number of benzene rings is 2. The Morgan fingerprint density at radius 2 is 1.96 bits per heavy atom. The molecule has 0 saturated carbocycles. The molecule has 5 nitrogen and oxygen atoms in total. The van der Waals surface area contributed by atoms with Crippen LogP contribution in [-0.2, 0) is 11.2 Å². The lowest BCUT2D eigenvalue weighted by Crippen LogP contribution is -2.17. The van der Waals surface area contributed by atoms with E-state index in [-0.39, 0.29) is 5.91 Å². The molecule has 7 heteroatoms. The van der Waals surface area contributed by atoms with Crippen LogP contribution in [0.3, 0.4) is 0 Å². The molecule has 0 saturated heterocycles. The summed E-state index contributed by atoms with van der Waals surface area (Å²) in [6.45, 7) is 4.03. The Bertz CT molecular complexity index is 1080. The standard InChI is InChI=1S/C21H20N4OS2/c1-3-27-16-10-8-15(9-11-16)13-20(26)23-19-12-14(2)24-25(19)21-22-17-6-4-5-7-18(17)28-21/h4-12H,3,13H2,1-2H3,(H,23,26). The van der Waals surface area contributed by atoms with Gasteiger partial charge in [0.05, 0.1) is 22.3 Å². The zero-order chi connectivity index (χ0) is 19.5. The summed E-state index contributed by atoms with van der Waals surface area (Å²) in [4.78, 5) is 18.4. The molecule has 2 aromatic carbocycles. The Morgan fingerprint density at radius 3 is 2.71 bits per heavy atom. The van der Waals surface area contributed by atoms with Gasteiger partial charge in [-0.15, -0.1) is 11.8 Å². The number of nitrogens with one attached hydrogen (secondary N) is 1. The number of thiazole rings is 1. The molecule has 0 radical (unpaired) electrons. The number of fused-ring (bicyclic) bond motifs is 1. The summed E-state index contributed by atoms with van der Waals surface area (Å²) in [6, 6.07) is 18.0. The Hall–Kier alpha value is -2.64. The number of thioether (sulfide) groups is 1. The summed E-state index contributed by atoms with van der Waals surface area (Å²) < 4.78 is 2.80. The first-order valence-electron chi connectivity index (χ1n) is 9.06. The number of para-hydroxylation sites is 1. The van der Waals surface area contributed by atoms with Crippen LogP contribution in [0.15, 0.2) is 59.5 Å². The van der Waals surface area contributed by atoms with Gasteiger partial charge in [0.1, 0.15) is 5.82 Å². The highest BCUT2D eigenvalue weighted by atomic mass is 32.2. The van der Waals surface area contributed by atoms with Crippen molar-refractivity contribution < 1.29 is 4.79 Å². The van der Waals surface area contributed by atoms with E-state index in [0.29, 0.717) is 12.2 Å². The van der Waals surface area contributed by atoms with Gasteiger partial charge in [0, 0.05) is 11.0 Å². The summed E-state index contributed by atoms with van der Waals surface area (Å²) in [7, 11) is 0. The quantitative estimate of drug-likeness (QED) is 0.452. The van der Waals surface area contributed by atoms with Gasteiger partial charge < -0.3 is 5.32 Å². The third kappa shape index (κ3) is 4.10. The predicted molar refractivity (Wildman–Crippen MR) is 117 cm³/mol. The molecule has 0 fully saturated rings. The molecule has 1 N–H and O–H groups in total. The molecular formula is C21H20N4OS2. The van der Waals surface area contributed by atoms with Crippen molar-refractivity contribution in [2.24, 2.45) is 0 Å². The van der Waals surface area contributed by atoms with Crippen molar-refractivity contribution in [3.63, 3.8) is 0 Å². The lowest BCUT2D eigenvalue weighted by molar-refractivity contribution is -0.115. The summed E-state index contributed by atoms with van der Waals surface area (Å²) >= 11 is 3.34. The van der Waals surface area contributed by atoms with Gasteiger partial charge in [0.15, 0.2) is 0 Å². The highest BCUT2D eigenvalue weighted by molar-refractivity contribution is 7.99. The van der Waals surface area contributed by atoms with E-state index in [1.54, 1.807) is 27.8 Å². The molecule has 4 aromatic rings. The molecular weight excluding hydrogens is 388 g/mol. The smallest absolute Gasteiger partial charge is 0.229 e. The molecule has 142 valence electrons. The summed E-state index contributed by atoms with van der Waals surface area (Å²) in [6.07, 6.45) is 0.321. The second kappa shape index (κ2) is 8.16. The zero-order valence-electron chi connectivity index (χ0n) is 15.7. The third-order valence-corrected chi connectivity index (χ3v) is 6.07. The van der Waals surface area contributed by atoms with Gasteiger partial charge in [0.25, 0.3) is 0 Å². The lowest BCUT2D eigenvalue weighted by Gasteiger charge is -2.07. The van der Waals surface area contributed by atoms with E-state index in [9.17, 15) is 4.79 Å². The molecule has 28 heavy (non-hydrogen) atoms.